The van der Waals surface area contributed by atoms with Crippen LogP contribution in [-0.2, 0) is 14.3 Å². The molecule has 0 aromatic carbocycles. The van der Waals surface area contributed by atoms with E-state index >= 15 is 0 Å². The van der Waals surface area contributed by atoms with Crippen LogP contribution in [0.25, 0.3) is 0 Å². The monoisotopic (exact) mass is 268 g/mol. The molecular weight excluding hydrogens is 252 g/mol. The number of hydrogen-bond acceptors (Lipinski definition) is 6. The van der Waals surface area contributed by atoms with Crippen LogP contribution in [0.4, 0.5) is 0 Å². The number of carbonyl (C=O) groups is 2. The number of hydrogen-bond donors (Lipinski definition) is 0. The van der Waals surface area contributed by atoms with E-state index in [0.717, 1.165) is 13.5 Å². The van der Waals surface area contributed by atoms with E-state index in [-0.39, 0.29) is 18.6 Å². The molecule has 0 radical (unpaired) electrons. The van der Waals surface area contributed by atoms with Gasteiger partial charge in [-0.05, 0) is 12.8 Å². The van der Waals surface area contributed by atoms with Crippen molar-refractivity contribution >= 4 is 11.8 Å². The summed E-state index contributed by atoms with van der Waals surface area (Å²) in [5.74, 6) is -2.66. The van der Waals surface area contributed by atoms with E-state index in [2.05, 4.69) is 4.74 Å². The SMILES string of the molecule is COC(=O)C(C#N)C1(C[N+](=O)[O-])CCCCCC1=O. The maximum Gasteiger partial charge on any atom is 0.324 e. The number of Topliss-reactive ketones (excluding diaryl/α,β-unsaturated/α-hetero) is 1. The van der Waals surface area contributed by atoms with Crippen LogP contribution in [0.15, 0.2) is 0 Å². The highest BCUT2D eigenvalue weighted by atomic mass is 16.6. The second kappa shape index (κ2) is 6.27. The molecule has 1 saturated carbocycles. The largest absolute Gasteiger partial charge is 0.468 e. The van der Waals surface area contributed by atoms with Crippen molar-refractivity contribution in [3.63, 3.8) is 0 Å². The number of ketones is 1. The normalized spacial score (nSPS) is 24.9. The summed E-state index contributed by atoms with van der Waals surface area (Å²) in [6, 6.07) is 1.73. The molecule has 0 aromatic rings. The van der Waals surface area contributed by atoms with Gasteiger partial charge in [-0.3, -0.25) is 19.7 Å². The van der Waals surface area contributed by atoms with E-state index in [1.165, 1.54) is 0 Å². The zero-order chi connectivity index (χ0) is 14.5. The Balaban J connectivity index is 3.23. The van der Waals surface area contributed by atoms with Gasteiger partial charge in [0.2, 0.25) is 6.54 Å². The molecule has 1 aliphatic rings. The smallest absolute Gasteiger partial charge is 0.324 e. The van der Waals surface area contributed by atoms with Crippen LogP contribution in [0.2, 0.25) is 0 Å². The van der Waals surface area contributed by atoms with Gasteiger partial charge in [0.15, 0.2) is 5.92 Å². The van der Waals surface area contributed by atoms with Gasteiger partial charge in [-0.25, -0.2) is 0 Å². The van der Waals surface area contributed by atoms with Crippen molar-refractivity contribution in [3.8, 4) is 6.07 Å². The first-order valence-electron chi connectivity index (χ1n) is 6.10. The van der Waals surface area contributed by atoms with Crippen molar-refractivity contribution in [2.24, 2.45) is 11.3 Å². The van der Waals surface area contributed by atoms with E-state index in [1.807, 2.05) is 0 Å². The van der Waals surface area contributed by atoms with Gasteiger partial charge < -0.3 is 4.74 Å². The van der Waals surface area contributed by atoms with Crippen LogP contribution >= 0.6 is 0 Å². The quantitative estimate of drug-likeness (QED) is 0.326. The highest BCUT2D eigenvalue weighted by molar-refractivity contribution is 5.92. The Labute approximate surface area is 110 Å². The second-order valence-corrected chi connectivity index (χ2v) is 4.72. The fourth-order valence-electron chi connectivity index (χ4n) is 2.61. The first-order valence-corrected chi connectivity index (χ1v) is 6.10. The Morgan fingerprint density at radius 2 is 2.26 bits per heavy atom. The lowest BCUT2D eigenvalue weighted by Crippen LogP contribution is -2.47. The van der Waals surface area contributed by atoms with Gasteiger partial charge in [0.1, 0.15) is 11.2 Å². The zero-order valence-corrected chi connectivity index (χ0v) is 10.8. The van der Waals surface area contributed by atoms with Gasteiger partial charge in [-0.2, -0.15) is 5.26 Å². The predicted octanol–water partition coefficient (Wildman–Crippen LogP) is 1.10. The maximum absolute atomic E-state index is 12.2. The first kappa shape index (κ1) is 15.1. The maximum atomic E-state index is 12.2. The van der Waals surface area contributed by atoms with Crippen molar-refractivity contribution in [2.45, 2.75) is 32.1 Å². The zero-order valence-electron chi connectivity index (χ0n) is 10.8. The molecule has 0 heterocycles. The molecule has 0 bridgehead atoms. The fourth-order valence-corrected chi connectivity index (χ4v) is 2.61. The summed E-state index contributed by atoms with van der Waals surface area (Å²) in [6.07, 6.45) is 2.35. The summed E-state index contributed by atoms with van der Waals surface area (Å²) < 4.78 is 4.52. The number of nitro groups is 1. The van der Waals surface area contributed by atoms with Crippen LogP contribution in [-0.4, -0.2) is 30.3 Å². The van der Waals surface area contributed by atoms with Crippen molar-refractivity contribution < 1.29 is 19.2 Å². The average Bonchev–Trinajstić information content (AvgIpc) is 2.53. The molecule has 1 aliphatic carbocycles. The molecule has 7 nitrogen and oxygen atoms in total. The highest BCUT2D eigenvalue weighted by Gasteiger charge is 2.53. The Morgan fingerprint density at radius 3 is 2.79 bits per heavy atom. The van der Waals surface area contributed by atoms with E-state index in [0.29, 0.717) is 12.8 Å². The van der Waals surface area contributed by atoms with Crippen LogP contribution in [0.3, 0.4) is 0 Å². The highest BCUT2D eigenvalue weighted by Crippen LogP contribution is 2.39. The summed E-state index contributed by atoms with van der Waals surface area (Å²) in [6.45, 7) is -0.695. The fraction of sp³-hybridized carbons (Fsp3) is 0.750. The van der Waals surface area contributed by atoms with Gasteiger partial charge in [-0.1, -0.05) is 12.8 Å². The Bertz CT molecular complexity index is 428. The summed E-state index contributed by atoms with van der Waals surface area (Å²) in [5.41, 5.74) is -1.54. The van der Waals surface area contributed by atoms with Gasteiger partial charge >= 0.3 is 5.97 Å². The molecule has 7 heteroatoms. The van der Waals surface area contributed by atoms with Crippen molar-refractivity contribution in [2.75, 3.05) is 13.7 Å². The number of methoxy groups -OCH3 is 1. The minimum Gasteiger partial charge on any atom is -0.468 e. The molecule has 2 unspecified atom stereocenters. The molecule has 0 aliphatic heterocycles. The summed E-state index contributed by atoms with van der Waals surface area (Å²) in [7, 11) is 1.10. The summed E-state index contributed by atoms with van der Waals surface area (Å²) >= 11 is 0. The molecule has 2 atom stereocenters. The van der Waals surface area contributed by atoms with E-state index < -0.39 is 28.8 Å². The molecule has 0 aromatic heterocycles. The minimum absolute atomic E-state index is 0.170. The predicted molar refractivity (Wildman–Crippen MR) is 63.5 cm³/mol. The third-order valence-corrected chi connectivity index (χ3v) is 3.61. The minimum atomic E-state index is -1.54. The molecular formula is C12H16N2O5. The number of esters is 1. The van der Waals surface area contributed by atoms with Crippen LogP contribution in [0.5, 0.6) is 0 Å². The van der Waals surface area contributed by atoms with Crippen LogP contribution < -0.4 is 0 Å². The third kappa shape index (κ3) is 3.08. The molecule has 19 heavy (non-hydrogen) atoms. The molecule has 0 amide bonds. The average molecular weight is 268 g/mol. The van der Waals surface area contributed by atoms with Crippen molar-refractivity contribution in [1.29, 1.82) is 5.26 Å². The molecule has 1 rings (SSSR count). The van der Waals surface area contributed by atoms with Crippen LogP contribution in [0.1, 0.15) is 32.1 Å². The molecule has 0 N–H and O–H groups in total. The third-order valence-electron chi connectivity index (χ3n) is 3.61. The van der Waals surface area contributed by atoms with Gasteiger partial charge in [0.05, 0.1) is 13.2 Å². The Morgan fingerprint density at radius 1 is 1.58 bits per heavy atom. The Hall–Kier alpha value is -1.97. The lowest BCUT2D eigenvalue weighted by molar-refractivity contribution is -0.495. The topological polar surface area (TPSA) is 110 Å². The number of nitriles is 1. The summed E-state index contributed by atoms with van der Waals surface area (Å²) in [5, 5.41) is 20.0. The number of ether oxygens (including phenoxy) is 1. The molecule has 0 saturated heterocycles. The number of carbonyl (C=O) groups excluding carboxylic acids is 2. The molecule has 0 spiro atoms. The number of nitrogens with zero attached hydrogens (tertiary/aromatic N) is 2. The standard InChI is InChI=1S/C12H16N2O5/c1-19-11(16)9(7-13)12(8-14(17)18)6-4-2-3-5-10(12)15/h9H,2-6,8H2,1H3. The van der Waals surface area contributed by atoms with Crippen molar-refractivity contribution in [1.82, 2.24) is 0 Å². The lowest BCUT2D eigenvalue weighted by atomic mass is 9.69. The van der Waals surface area contributed by atoms with E-state index in [9.17, 15) is 19.7 Å². The Kier molecular flexibility index (Phi) is 4.98. The van der Waals surface area contributed by atoms with E-state index in [4.69, 9.17) is 5.26 Å². The second-order valence-electron chi connectivity index (χ2n) is 4.72. The van der Waals surface area contributed by atoms with Gasteiger partial charge in [0.25, 0.3) is 0 Å². The number of rotatable bonds is 4. The lowest BCUT2D eigenvalue weighted by Gasteiger charge is -2.29. The van der Waals surface area contributed by atoms with Crippen LogP contribution in [0, 0.1) is 32.8 Å². The molecule has 1 fully saturated rings. The summed E-state index contributed by atoms with van der Waals surface area (Å²) in [4.78, 5) is 34.1. The van der Waals surface area contributed by atoms with E-state index in [1.54, 1.807) is 6.07 Å². The van der Waals surface area contributed by atoms with Gasteiger partial charge in [0, 0.05) is 11.3 Å². The molecule has 104 valence electrons. The van der Waals surface area contributed by atoms with Gasteiger partial charge in [-0.15, -0.1) is 0 Å². The first-order chi connectivity index (χ1) is 8.97. The van der Waals surface area contributed by atoms with Crippen molar-refractivity contribution in [3.05, 3.63) is 10.1 Å².